The van der Waals surface area contributed by atoms with Crippen molar-refractivity contribution in [2.75, 3.05) is 21.1 Å². The van der Waals surface area contributed by atoms with Crippen LogP contribution in [0.25, 0.3) is 0 Å². The lowest BCUT2D eigenvalue weighted by Gasteiger charge is -2.33. The van der Waals surface area contributed by atoms with E-state index in [0.29, 0.717) is 0 Å². The molecule has 0 fully saturated rings. The first-order valence-corrected chi connectivity index (χ1v) is 4.62. The summed E-state index contributed by atoms with van der Waals surface area (Å²) in [7, 11) is 5.76. The van der Waals surface area contributed by atoms with Gasteiger partial charge < -0.3 is 10.6 Å². The maximum atomic E-state index is 4.23. The Bertz CT molecular complexity index is 197. The minimum Gasteiger partial charge on any atom is -0.374 e. The van der Waals surface area contributed by atoms with E-state index in [9.17, 15) is 0 Å². The number of hydrogen-bond donors (Lipinski definition) is 4. The quantitative estimate of drug-likeness (QED) is 0.457. The van der Waals surface area contributed by atoms with Crippen molar-refractivity contribution in [1.29, 1.82) is 0 Å². The van der Waals surface area contributed by atoms with Crippen LogP contribution in [0.5, 0.6) is 0 Å². The highest BCUT2D eigenvalue weighted by molar-refractivity contribution is 5.90. The van der Waals surface area contributed by atoms with E-state index in [1.54, 1.807) is 0 Å². The van der Waals surface area contributed by atoms with Crippen molar-refractivity contribution in [3.63, 3.8) is 0 Å². The number of nitrogens with one attached hydrogen (secondary N) is 4. The summed E-state index contributed by atoms with van der Waals surface area (Å²) in [5, 5.41) is 13.8. The summed E-state index contributed by atoms with van der Waals surface area (Å²) in [4.78, 5) is 0. The Labute approximate surface area is 79.4 Å². The van der Waals surface area contributed by atoms with Crippen LogP contribution in [0, 0.1) is 0 Å². The fourth-order valence-corrected chi connectivity index (χ4v) is 1.77. The third-order valence-corrected chi connectivity index (χ3v) is 2.69. The van der Waals surface area contributed by atoms with Crippen LogP contribution in [0.3, 0.4) is 0 Å². The molecule has 2 unspecified atom stereocenters. The van der Waals surface area contributed by atoms with Gasteiger partial charge in [0.25, 0.3) is 0 Å². The van der Waals surface area contributed by atoms with Crippen molar-refractivity contribution < 1.29 is 0 Å². The topological polar surface area (TPSA) is 60.5 Å². The molecule has 0 aromatic rings. The molecule has 0 bridgehead atoms. The van der Waals surface area contributed by atoms with E-state index in [1.165, 1.54) is 0 Å². The lowest BCUT2D eigenvalue weighted by molar-refractivity contribution is 0.254. The molecule has 1 aliphatic heterocycles. The lowest BCUT2D eigenvalue weighted by atomic mass is 9.98. The Morgan fingerprint density at radius 3 is 2.54 bits per heavy atom. The van der Waals surface area contributed by atoms with Crippen molar-refractivity contribution in [2.24, 2.45) is 5.10 Å². The predicted octanol–water partition coefficient (Wildman–Crippen LogP) is -0.964. The first-order valence-electron chi connectivity index (χ1n) is 4.62. The SMILES string of the molecule is CCC1(NC)NN=C(NC)C1NC. The number of hydrogen-bond acceptors (Lipinski definition) is 5. The maximum Gasteiger partial charge on any atom is 0.143 e. The second-order valence-electron chi connectivity index (χ2n) is 3.16. The molecule has 4 N–H and O–H groups in total. The zero-order valence-corrected chi connectivity index (χ0v) is 8.73. The molecule has 1 aliphatic rings. The number of hydrazone groups is 1. The molecule has 1 heterocycles. The summed E-state index contributed by atoms with van der Waals surface area (Å²) < 4.78 is 0. The van der Waals surface area contributed by atoms with E-state index >= 15 is 0 Å². The summed E-state index contributed by atoms with van der Waals surface area (Å²) in [5.74, 6) is 0.943. The van der Waals surface area contributed by atoms with Gasteiger partial charge in [-0.3, -0.25) is 10.7 Å². The summed E-state index contributed by atoms with van der Waals surface area (Å²) in [6, 6.07) is 0.187. The van der Waals surface area contributed by atoms with Gasteiger partial charge in [-0.25, -0.2) is 0 Å². The van der Waals surface area contributed by atoms with Gasteiger partial charge in [0.15, 0.2) is 0 Å². The largest absolute Gasteiger partial charge is 0.374 e. The van der Waals surface area contributed by atoms with Gasteiger partial charge in [-0.15, -0.1) is 0 Å². The predicted molar refractivity (Wildman–Crippen MR) is 54.6 cm³/mol. The van der Waals surface area contributed by atoms with Crippen LogP contribution >= 0.6 is 0 Å². The van der Waals surface area contributed by atoms with Crippen molar-refractivity contribution in [2.45, 2.75) is 25.0 Å². The zero-order chi connectivity index (χ0) is 9.90. The summed E-state index contributed by atoms with van der Waals surface area (Å²) in [6.45, 7) is 2.13. The summed E-state index contributed by atoms with van der Waals surface area (Å²) >= 11 is 0. The Morgan fingerprint density at radius 1 is 1.46 bits per heavy atom. The molecule has 5 nitrogen and oxygen atoms in total. The lowest BCUT2D eigenvalue weighted by Crippen LogP contribution is -2.64. The van der Waals surface area contributed by atoms with Crippen LogP contribution in [-0.4, -0.2) is 38.7 Å². The van der Waals surface area contributed by atoms with Gasteiger partial charge in [-0.1, -0.05) is 6.92 Å². The van der Waals surface area contributed by atoms with E-state index in [0.717, 1.165) is 12.3 Å². The van der Waals surface area contributed by atoms with Crippen molar-refractivity contribution >= 4 is 5.84 Å². The number of rotatable bonds is 3. The monoisotopic (exact) mass is 185 g/mol. The van der Waals surface area contributed by atoms with E-state index in [-0.39, 0.29) is 11.7 Å². The Morgan fingerprint density at radius 2 is 2.15 bits per heavy atom. The van der Waals surface area contributed by atoms with Gasteiger partial charge >= 0.3 is 0 Å². The molecule has 0 saturated carbocycles. The highest BCUT2D eigenvalue weighted by Gasteiger charge is 2.42. The van der Waals surface area contributed by atoms with E-state index in [1.807, 2.05) is 21.1 Å². The van der Waals surface area contributed by atoms with E-state index in [2.05, 4.69) is 33.4 Å². The molecule has 0 radical (unpaired) electrons. The van der Waals surface area contributed by atoms with Crippen LogP contribution in [0.15, 0.2) is 5.10 Å². The Hall–Kier alpha value is -0.810. The van der Waals surface area contributed by atoms with Gasteiger partial charge in [0, 0.05) is 7.05 Å². The molecule has 13 heavy (non-hydrogen) atoms. The normalized spacial score (nSPS) is 32.6. The van der Waals surface area contributed by atoms with Gasteiger partial charge in [-0.2, -0.15) is 5.10 Å². The van der Waals surface area contributed by atoms with Crippen LogP contribution in [0.2, 0.25) is 0 Å². The van der Waals surface area contributed by atoms with Crippen molar-refractivity contribution in [3.05, 3.63) is 0 Å². The molecule has 0 saturated heterocycles. The standard InChI is InChI=1S/C8H19N5/c1-5-8(11-4)6(9-2)7(10-3)12-13-8/h6,9,11,13H,5H2,1-4H3,(H,10,12). The summed E-state index contributed by atoms with van der Waals surface area (Å²) in [6.07, 6.45) is 0.962. The number of likely N-dealkylation sites (N-methyl/N-ethyl adjacent to an activating group) is 3. The molecule has 0 amide bonds. The maximum absolute atomic E-state index is 4.23. The molecule has 0 aromatic heterocycles. The van der Waals surface area contributed by atoms with Crippen molar-refractivity contribution in [3.8, 4) is 0 Å². The van der Waals surface area contributed by atoms with Gasteiger partial charge in [-0.05, 0) is 20.5 Å². The number of nitrogens with zero attached hydrogens (tertiary/aromatic N) is 1. The van der Waals surface area contributed by atoms with Crippen LogP contribution in [-0.2, 0) is 0 Å². The summed E-state index contributed by atoms with van der Waals surface area (Å²) in [5.41, 5.74) is 2.96. The molecule has 76 valence electrons. The highest BCUT2D eigenvalue weighted by Crippen LogP contribution is 2.17. The van der Waals surface area contributed by atoms with Crippen LogP contribution < -0.4 is 21.4 Å². The minimum absolute atomic E-state index is 0.160. The van der Waals surface area contributed by atoms with Crippen LogP contribution in [0.4, 0.5) is 0 Å². The molecule has 5 heteroatoms. The highest BCUT2D eigenvalue weighted by atomic mass is 15.5. The first kappa shape index (κ1) is 10.3. The van der Waals surface area contributed by atoms with Gasteiger partial charge in [0.2, 0.25) is 0 Å². The van der Waals surface area contributed by atoms with Gasteiger partial charge in [0.05, 0.1) is 0 Å². The van der Waals surface area contributed by atoms with E-state index in [4.69, 9.17) is 0 Å². The smallest absolute Gasteiger partial charge is 0.143 e. The number of amidine groups is 1. The van der Waals surface area contributed by atoms with E-state index < -0.39 is 0 Å². The fraction of sp³-hybridized carbons (Fsp3) is 0.875. The minimum atomic E-state index is -0.160. The Balaban J connectivity index is 2.82. The molecule has 0 spiro atoms. The first-order chi connectivity index (χ1) is 6.24. The molecule has 0 aliphatic carbocycles. The third kappa shape index (κ3) is 1.49. The average molecular weight is 185 g/mol. The molecular formula is C8H19N5. The molecule has 1 rings (SSSR count). The molecule has 0 aromatic carbocycles. The second-order valence-corrected chi connectivity index (χ2v) is 3.16. The fourth-order valence-electron chi connectivity index (χ4n) is 1.77. The third-order valence-electron chi connectivity index (χ3n) is 2.69. The van der Waals surface area contributed by atoms with Crippen LogP contribution in [0.1, 0.15) is 13.3 Å². The average Bonchev–Trinajstić information content (AvgIpc) is 2.55. The molecule has 2 atom stereocenters. The molecular weight excluding hydrogens is 166 g/mol. The van der Waals surface area contributed by atoms with Crippen molar-refractivity contribution in [1.82, 2.24) is 21.4 Å². The zero-order valence-electron chi connectivity index (χ0n) is 8.73. The Kier molecular flexibility index (Phi) is 3.11. The van der Waals surface area contributed by atoms with Gasteiger partial charge in [0.1, 0.15) is 17.5 Å². The second kappa shape index (κ2) is 3.93.